The third-order valence-corrected chi connectivity index (χ3v) is 5.75. The first-order chi connectivity index (χ1) is 12.9. The van der Waals surface area contributed by atoms with Gasteiger partial charge in [-0.1, -0.05) is 43.4 Å². The minimum Gasteiger partial charge on any atom is -0.321 e. The summed E-state index contributed by atoms with van der Waals surface area (Å²) in [6.07, 6.45) is 2.15. The highest BCUT2D eigenvalue weighted by atomic mass is 32.1. The summed E-state index contributed by atoms with van der Waals surface area (Å²) >= 11 is 1.38. The largest absolute Gasteiger partial charge is 0.321 e. The number of hydrogen-bond acceptors (Lipinski definition) is 4. The molecule has 3 aromatic rings. The minimum atomic E-state index is -0.135. The van der Waals surface area contributed by atoms with Gasteiger partial charge in [0.15, 0.2) is 0 Å². The molecule has 0 bridgehead atoms. The second-order valence-corrected chi connectivity index (χ2v) is 8.20. The number of rotatable bonds is 6. The molecule has 0 aliphatic rings. The first-order valence-corrected chi connectivity index (χ1v) is 10.1. The zero-order valence-electron chi connectivity index (χ0n) is 16.5. The van der Waals surface area contributed by atoms with Gasteiger partial charge in [-0.05, 0) is 57.2 Å². The molecule has 5 nitrogen and oxygen atoms in total. The summed E-state index contributed by atoms with van der Waals surface area (Å²) < 4.78 is 1.88. The molecule has 6 heteroatoms. The number of carbonyl (C=O) groups excluding carboxylic acids is 1. The van der Waals surface area contributed by atoms with Gasteiger partial charge in [-0.25, -0.2) is 9.67 Å². The molecule has 2 heterocycles. The Balaban J connectivity index is 1.86. The minimum absolute atomic E-state index is 0.135. The monoisotopic (exact) mass is 382 g/mol. The molecule has 0 saturated carbocycles. The first kappa shape index (κ1) is 19.3. The molecule has 0 aliphatic heterocycles. The van der Waals surface area contributed by atoms with E-state index in [-0.39, 0.29) is 5.91 Å². The van der Waals surface area contributed by atoms with Crippen LogP contribution < -0.4 is 5.32 Å². The van der Waals surface area contributed by atoms with E-state index in [0.29, 0.717) is 10.8 Å². The van der Waals surface area contributed by atoms with Crippen LogP contribution in [-0.2, 0) is 6.42 Å². The van der Waals surface area contributed by atoms with Gasteiger partial charge in [0.05, 0.1) is 11.4 Å². The lowest BCUT2D eigenvalue weighted by Gasteiger charge is -2.05. The molecule has 3 rings (SSSR count). The Labute approximate surface area is 164 Å². The molecule has 0 aliphatic carbocycles. The van der Waals surface area contributed by atoms with Gasteiger partial charge in [0, 0.05) is 11.4 Å². The van der Waals surface area contributed by atoms with Crippen molar-refractivity contribution in [2.24, 2.45) is 5.92 Å². The Morgan fingerprint density at radius 1 is 1.15 bits per heavy atom. The molecule has 1 N–H and O–H groups in total. The third kappa shape index (κ3) is 4.27. The predicted molar refractivity (Wildman–Crippen MR) is 111 cm³/mol. The fourth-order valence-corrected chi connectivity index (χ4v) is 4.02. The Kier molecular flexibility index (Phi) is 5.75. The van der Waals surface area contributed by atoms with Crippen LogP contribution >= 0.6 is 11.3 Å². The van der Waals surface area contributed by atoms with E-state index in [2.05, 4.69) is 36.2 Å². The van der Waals surface area contributed by atoms with Gasteiger partial charge < -0.3 is 5.32 Å². The molecule has 0 fully saturated rings. The van der Waals surface area contributed by atoms with Gasteiger partial charge in [-0.2, -0.15) is 5.10 Å². The Hall–Kier alpha value is -2.47. The van der Waals surface area contributed by atoms with Crippen LogP contribution in [0.1, 0.15) is 52.6 Å². The lowest BCUT2D eigenvalue weighted by Crippen LogP contribution is -2.11. The van der Waals surface area contributed by atoms with Crippen molar-refractivity contribution in [1.29, 1.82) is 0 Å². The van der Waals surface area contributed by atoms with Crippen molar-refractivity contribution in [3.8, 4) is 5.13 Å². The summed E-state index contributed by atoms with van der Waals surface area (Å²) in [6, 6.07) is 9.46. The summed E-state index contributed by atoms with van der Waals surface area (Å²) in [4.78, 5) is 17.9. The molecule has 0 unspecified atom stereocenters. The zero-order valence-corrected chi connectivity index (χ0v) is 17.4. The molecule has 27 heavy (non-hydrogen) atoms. The molecule has 1 aromatic carbocycles. The second kappa shape index (κ2) is 8.05. The molecule has 0 radical (unpaired) electrons. The number of carbonyl (C=O) groups is 1. The lowest BCUT2D eigenvalue weighted by molar-refractivity contribution is 0.103. The van der Waals surface area contributed by atoms with E-state index in [4.69, 9.17) is 0 Å². The van der Waals surface area contributed by atoms with Gasteiger partial charge in [-0.3, -0.25) is 4.79 Å². The van der Waals surface area contributed by atoms with Crippen molar-refractivity contribution in [3.63, 3.8) is 0 Å². The fraction of sp³-hybridized carbons (Fsp3) is 0.381. The predicted octanol–water partition coefficient (Wildman–Crippen LogP) is 5.09. The number of benzene rings is 1. The summed E-state index contributed by atoms with van der Waals surface area (Å²) in [5, 5.41) is 8.36. The van der Waals surface area contributed by atoms with Crippen molar-refractivity contribution in [2.45, 2.75) is 47.5 Å². The normalized spacial score (nSPS) is 11.2. The average molecular weight is 383 g/mol. The second-order valence-electron chi connectivity index (χ2n) is 7.22. The standard InChI is InChI=1S/C21H26N4OS/c1-13(2)11-12-18-14(3)24-25(16(18)5)21-22-15(4)19(27-21)20(26)23-17-9-7-6-8-10-17/h6-10,13H,11-12H2,1-5H3,(H,23,26). The molecule has 142 valence electrons. The fourth-order valence-electron chi connectivity index (χ4n) is 3.05. The quantitative estimate of drug-likeness (QED) is 0.645. The highest BCUT2D eigenvalue weighted by Gasteiger charge is 2.20. The maximum Gasteiger partial charge on any atom is 0.267 e. The Morgan fingerprint density at radius 2 is 1.85 bits per heavy atom. The van der Waals surface area contributed by atoms with Crippen LogP contribution in [0.15, 0.2) is 30.3 Å². The number of para-hydroxylation sites is 1. The van der Waals surface area contributed by atoms with Crippen LogP contribution in [0.2, 0.25) is 0 Å². The third-order valence-electron chi connectivity index (χ3n) is 4.62. The van der Waals surface area contributed by atoms with Crippen LogP contribution in [0.4, 0.5) is 5.69 Å². The average Bonchev–Trinajstić information content (AvgIpc) is 3.14. The molecular formula is C21H26N4OS. The number of aromatic nitrogens is 3. The maximum atomic E-state index is 12.6. The van der Waals surface area contributed by atoms with E-state index < -0.39 is 0 Å². The smallest absolute Gasteiger partial charge is 0.267 e. The van der Waals surface area contributed by atoms with Gasteiger partial charge in [0.25, 0.3) is 5.91 Å². The van der Waals surface area contributed by atoms with Crippen molar-refractivity contribution in [2.75, 3.05) is 5.32 Å². The van der Waals surface area contributed by atoms with Gasteiger partial charge in [0.1, 0.15) is 4.88 Å². The van der Waals surface area contributed by atoms with E-state index in [1.165, 1.54) is 16.9 Å². The molecule has 0 atom stereocenters. The number of nitrogens with one attached hydrogen (secondary N) is 1. The van der Waals surface area contributed by atoms with E-state index in [1.807, 2.05) is 48.9 Å². The number of hydrogen-bond donors (Lipinski definition) is 1. The summed E-state index contributed by atoms with van der Waals surface area (Å²) in [5.74, 6) is 0.520. The number of thiazole rings is 1. The highest BCUT2D eigenvalue weighted by Crippen LogP contribution is 2.26. The number of amides is 1. The lowest BCUT2D eigenvalue weighted by atomic mass is 10.0. The van der Waals surface area contributed by atoms with Crippen LogP contribution in [0.3, 0.4) is 0 Å². The molecule has 0 saturated heterocycles. The maximum absolute atomic E-state index is 12.6. The zero-order chi connectivity index (χ0) is 19.6. The van der Waals surface area contributed by atoms with Crippen molar-refractivity contribution >= 4 is 22.9 Å². The number of aryl methyl sites for hydroxylation is 2. The van der Waals surface area contributed by atoms with E-state index in [9.17, 15) is 4.79 Å². The SMILES string of the molecule is Cc1nc(-n2nc(C)c(CCC(C)C)c2C)sc1C(=O)Nc1ccccc1. The van der Waals surface area contributed by atoms with Crippen molar-refractivity contribution < 1.29 is 4.79 Å². The van der Waals surface area contributed by atoms with Gasteiger partial charge in [-0.15, -0.1) is 0 Å². The van der Waals surface area contributed by atoms with Crippen LogP contribution in [0.25, 0.3) is 5.13 Å². The van der Waals surface area contributed by atoms with Crippen LogP contribution in [0, 0.1) is 26.7 Å². The molecule has 1 amide bonds. The number of anilines is 1. The molecular weight excluding hydrogens is 356 g/mol. The topological polar surface area (TPSA) is 59.8 Å². The van der Waals surface area contributed by atoms with E-state index >= 15 is 0 Å². The number of nitrogens with zero attached hydrogens (tertiary/aromatic N) is 3. The molecule has 2 aromatic heterocycles. The van der Waals surface area contributed by atoms with Crippen molar-refractivity contribution in [1.82, 2.24) is 14.8 Å². The molecule has 0 spiro atoms. The highest BCUT2D eigenvalue weighted by molar-refractivity contribution is 7.16. The van der Waals surface area contributed by atoms with Crippen LogP contribution in [-0.4, -0.2) is 20.7 Å². The first-order valence-electron chi connectivity index (χ1n) is 9.26. The summed E-state index contributed by atoms with van der Waals surface area (Å²) in [6.45, 7) is 10.5. The van der Waals surface area contributed by atoms with E-state index in [0.717, 1.165) is 40.7 Å². The van der Waals surface area contributed by atoms with Crippen molar-refractivity contribution in [3.05, 3.63) is 57.9 Å². The summed E-state index contributed by atoms with van der Waals surface area (Å²) in [7, 11) is 0. The Bertz CT molecular complexity index is 941. The van der Waals surface area contributed by atoms with Crippen LogP contribution in [0.5, 0.6) is 0 Å². The Morgan fingerprint density at radius 3 is 2.52 bits per heavy atom. The van der Waals surface area contributed by atoms with Gasteiger partial charge in [0.2, 0.25) is 5.13 Å². The van der Waals surface area contributed by atoms with Gasteiger partial charge >= 0.3 is 0 Å². The summed E-state index contributed by atoms with van der Waals surface area (Å²) in [5.41, 5.74) is 4.93. The van der Waals surface area contributed by atoms with E-state index in [1.54, 1.807) is 0 Å².